The molecule has 0 fully saturated rings. The molecule has 2 aromatic carbocycles. The van der Waals surface area contributed by atoms with Gasteiger partial charge in [-0.1, -0.05) is 29.4 Å². The highest BCUT2D eigenvalue weighted by Crippen LogP contribution is 2.23. The molecule has 2 nitrogen and oxygen atoms in total. The minimum Gasteiger partial charge on any atom is -0.391 e. The van der Waals surface area contributed by atoms with Crippen LogP contribution in [0, 0.1) is 36.0 Å². The zero-order valence-corrected chi connectivity index (χ0v) is 11.3. The molecule has 116 valence electrons. The van der Waals surface area contributed by atoms with E-state index in [2.05, 4.69) is 9.99 Å². The first kappa shape index (κ1) is 15.9. The summed E-state index contributed by atoms with van der Waals surface area (Å²) in [5.41, 5.74) is 0.504. The molecule has 0 bridgehead atoms. The number of hydrogen-bond acceptors (Lipinski definition) is 2. The molecule has 0 unspecified atom stereocenters. The molecule has 0 aliphatic heterocycles. The third-order valence-corrected chi connectivity index (χ3v) is 2.96. The minimum absolute atomic E-state index is 0.694. The SMILES string of the molecule is Cc1ccccc1C=NOCc1c(F)c(F)c(F)c(F)c1F. The minimum atomic E-state index is -2.21. The lowest BCUT2D eigenvalue weighted by Gasteiger charge is -2.07. The number of nitrogens with zero attached hydrogens (tertiary/aromatic N) is 1. The van der Waals surface area contributed by atoms with E-state index in [-0.39, 0.29) is 0 Å². The smallest absolute Gasteiger partial charge is 0.200 e. The summed E-state index contributed by atoms with van der Waals surface area (Å²) in [6.07, 6.45) is 1.28. The quantitative estimate of drug-likeness (QED) is 0.272. The van der Waals surface area contributed by atoms with E-state index in [0.29, 0.717) is 5.56 Å². The van der Waals surface area contributed by atoms with Gasteiger partial charge in [-0.3, -0.25) is 0 Å². The topological polar surface area (TPSA) is 21.6 Å². The van der Waals surface area contributed by atoms with Crippen molar-refractivity contribution in [3.05, 3.63) is 70.0 Å². The second-order valence-electron chi connectivity index (χ2n) is 4.41. The van der Waals surface area contributed by atoms with Gasteiger partial charge in [-0.2, -0.15) is 0 Å². The fraction of sp³-hybridized carbons (Fsp3) is 0.133. The standard InChI is InChI=1S/C15H10F5NO/c1-8-4-2-3-5-9(8)6-21-22-7-10-11(16)13(18)15(20)14(19)12(10)17/h2-6H,7H2,1H3. The monoisotopic (exact) mass is 315 g/mol. The molecule has 0 saturated carbocycles. The van der Waals surface area contributed by atoms with Gasteiger partial charge < -0.3 is 4.84 Å². The molecule has 0 atom stereocenters. The van der Waals surface area contributed by atoms with Crippen LogP contribution in [0.3, 0.4) is 0 Å². The molecule has 0 aromatic heterocycles. The van der Waals surface area contributed by atoms with Crippen molar-refractivity contribution >= 4 is 6.21 Å². The van der Waals surface area contributed by atoms with Crippen molar-refractivity contribution in [2.24, 2.45) is 5.16 Å². The molecular formula is C15H10F5NO. The Morgan fingerprint density at radius 1 is 0.909 bits per heavy atom. The normalized spacial score (nSPS) is 11.2. The average molecular weight is 315 g/mol. The van der Waals surface area contributed by atoms with Crippen LogP contribution >= 0.6 is 0 Å². The van der Waals surface area contributed by atoms with Crippen molar-refractivity contribution in [1.29, 1.82) is 0 Å². The Labute approximate surface area is 122 Å². The Kier molecular flexibility index (Phi) is 4.75. The Morgan fingerprint density at radius 2 is 1.45 bits per heavy atom. The molecule has 2 rings (SSSR count). The molecule has 0 saturated heterocycles. The van der Waals surface area contributed by atoms with Gasteiger partial charge in [-0.15, -0.1) is 0 Å². The van der Waals surface area contributed by atoms with Crippen LogP contribution in [0.1, 0.15) is 16.7 Å². The lowest BCUT2D eigenvalue weighted by molar-refractivity contribution is 0.124. The van der Waals surface area contributed by atoms with Crippen LogP contribution in [-0.4, -0.2) is 6.21 Å². The van der Waals surface area contributed by atoms with Crippen LogP contribution < -0.4 is 0 Å². The van der Waals surface area contributed by atoms with Crippen LogP contribution in [-0.2, 0) is 11.4 Å². The van der Waals surface area contributed by atoms with Gasteiger partial charge in [-0.25, -0.2) is 22.0 Å². The number of aryl methyl sites for hydroxylation is 1. The molecule has 0 spiro atoms. The summed E-state index contributed by atoms with van der Waals surface area (Å²) in [5.74, 6) is -10.1. The predicted molar refractivity (Wildman–Crippen MR) is 69.8 cm³/mol. The van der Waals surface area contributed by atoms with Crippen LogP contribution in [0.2, 0.25) is 0 Å². The van der Waals surface area contributed by atoms with E-state index in [4.69, 9.17) is 0 Å². The summed E-state index contributed by atoms with van der Waals surface area (Å²) >= 11 is 0. The Bertz CT molecular complexity index is 701. The maximum absolute atomic E-state index is 13.4. The predicted octanol–water partition coefficient (Wildman–Crippen LogP) is 4.24. The third-order valence-electron chi connectivity index (χ3n) is 2.96. The van der Waals surface area contributed by atoms with Gasteiger partial charge in [0.05, 0.1) is 11.8 Å². The molecule has 22 heavy (non-hydrogen) atoms. The zero-order chi connectivity index (χ0) is 16.3. The van der Waals surface area contributed by atoms with Crippen molar-refractivity contribution in [3.8, 4) is 0 Å². The van der Waals surface area contributed by atoms with Crippen LogP contribution in [0.4, 0.5) is 22.0 Å². The highest BCUT2D eigenvalue weighted by atomic mass is 19.2. The summed E-state index contributed by atoms with van der Waals surface area (Å²) in [6, 6.07) is 7.09. The average Bonchev–Trinajstić information content (AvgIpc) is 2.52. The van der Waals surface area contributed by atoms with Crippen LogP contribution in [0.25, 0.3) is 0 Å². The Morgan fingerprint density at radius 3 is 2.05 bits per heavy atom. The molecule has 0 aliphatic rings. The second kappa shape index (κ2) is 6.55. The highest BCUT2D eigenvalue weighted by molar-refractivity contribution is 5.81. The zero-order valence-electron chi connectivity index (χ0n) is 11.3. The second-order valence-corrected chi connectivity index (χ2v) is 4.41. The summed E-state index contributed by atoms with van der Waals surface area (Å²) in [5, 5.41) is 3.46. The first-order valence-electron chi connectivity index (χ1n) is 6.14. The lowest BCUT2D eigenvalue weighted by Crippen LogP contribution is -2.07. The number of halogens is 5. The van der Waals surface area contributed by atoms with Crippen molar-refractivity contribution in [2.45, 2.75) is 13.5 Å². The van der Waals surface area contributed by atoms with Gasteiger partial charge in [0, 0.05) is 0 Å². The summed E-state index contributed by atoms with van der Waals surface area (Å²) < 4.78 is 65.5. The lowest BCUT2D eigenvalue weighted by atomic mass is 10.1. The van der Waals surface area contributed by atoms with E-state index in [9.17, 15) is 22.0 Å². The summed E-state index contributed by atoms with van der Waals surface area (Å²) in [7, 11) is 0. The highest BCUT2D eigenvalue weighted by Gasteiger charge is 2.25. The van der Waals surface area contributed by atoms with Crippen molar-refractivity contribution in [2.75, 3.05) is 0 Å². The van der Waals surface area contributed by atoms with E-state index < -0.39 is 41.3 Å². The molecule has 2 aromatic rings. The molecule has 0 radical (unpaired) electrons. The van der Waals surface area contributed by atoms with Gasteiger partial charge in [-0.05, 0) is 18.1 Å². The maximum atomic E-state index is 13.4. The van der Waals surface area contributed by atoms with Crippen LogP contribution in [0.5, 0.6) is 0 Å². The molecular weight excluding hydrogens is 305 g/mol. The van der Waals surface area contributed by atoms with E-state index in [1.54, 1.807) is 12.1 Å². The van der Waals surface area contributed by atoms with E-state index in [1.807, 2.05) is 19.1 Å². The van der Waals surface area contributed by atoms with Crippen molar-refractivity contribution < 1.29 is 26.8 Å². The maximum Gasteiger partial charge on any atom is 0.200 e. The Balaban J connectivity index is 2.15. The Hall–Kier alpha value is -2.44. The van der Waals surface area contributed by atoms with Crippen molar-refractivity contribution in [1.82, 2.24) is 0 Å². The third kappa shape index (κ3) is 3.08. The first-order valence-corrected chi connectivity index (χ1v) is 6.14. The molecule has 0 aliphatic carbocycles. The molecule has 0 heterocycles. The van der Waals surface area contributed by atoms with Gasteiger partial charge in [0.25, 0.3) is 0 Å². The van der Waals surface area contributed by atoms with E-state index in [1.165, 1.54) is 6.21 Å². The van der Waals surface area contributed by atoms with Gasteiger partial charge in [0.1, 0.15) is 6.61 Å². The number of rotatable bonds is 4. The van der Waals surface area contributed by atoms with Gasteiger partial charge >= 0.3 is 0 Å². The fourth-order valence-corrected chi connectivity index (χ4v) is 1.70. The van der Waals surface area contributed by atoms with Crippen LogP contribution in [0.15, 0.2) is 29.4 Å². The van der Waals surface area contributed by atoms with E-state index >= 15 is 0 Å². The number of hydrogen-bond donors (Lipinski definition) is 0. The molecule has 0 amide bonds. The summed E-state index contributed by atoms with van der Waals surface area (Å²) in [4.78, 5) is 4.62. The van der Waals surface area contributed by atoms with Gasteiger partial charge in [0.15, 0.2) is 23.3 Å². The fourth-order valence-electron chi connectivity index (χ4n) is 1.70. The molecule has 0 N–H and O–H groups in total. The number of oxime groups is 1. The van der Waals surface area contributed by atoms with E-state index in [0.717, 1.165) is 5.56 Å². The van der Waals surface area contributed by atoms with Gasteiger partial charge in [0.2, 0.25) is 5.82 Å². The largest absolute Gasteiger partial charge is 0.391 e. The van der Waals surface area contributed by atoms with Crippen molar-refractivity contribution in [3.63, 3.8) is 0 Å². The first-order chi connectivity index (χ1) is 10.4. The number of benzene rings is 2. The summed E-state index contributed by atoms with van der Waals surface area (Å²) in [6.45, 7) is 0.930. The molecule has 7 heteroatoms.